The van der Waals surface area contributed by atoms with E-state index in [1.54, 1.807) is 23.5 Å². The molecular formula is C22H18N2O2S. The Morgan fingerprint density at radius 2 is 1.78 bits per heavy atom. The Hall–Kier alpha value is -3.18. The summed E-state index contributed by atoms with van der Waals surface area (Å²) in [5.41, 5.74) is 2.62. The fourth-order valence-electron chi connectivity index (χ4n) is 2.72. The molecule has 5 heteroatoms. The third kappa shape index (κ3) is 4.33. The maximum Gasteiger partial charge on any atom is 0.251 e. The van der Waals surface area contributed by atoms with Crippen molar-refractivity contribution in [1.82, 2.24) is 10.3 Å². The molecular weight excluding hydrogens is 356 g/mol. The van der Waals surface area contributed by atoms with E-state index < -0.39 is 0 Å². The molecule has 0 bridgehead atoms. The summed E-state index contributed by atoms with van der Waals surface area (Å²) in [5, 5.41) is 3.82. The highest BCUT2D eigenvalue weighted by molar-refractivity contribution is 7.18. The van der Waals surface area contributed by atoms with Gasteiger partial charge >= 0.3 is 0 Å². The number of nitrogens with one attached hydrogen (secondary N) is 1. The number of carbonyl (C=O) groups is 1. The molecule has 0 saturated heterocycles. The Kier molecular flexibility index (Phi) is 5.12. The highest BCUT2D eigenvalue weighted by atomic mass is 32.1. The third-order valence-corrected chi connectivity index (χ3v) is 5.12. The van der Waals surface area contributed by atoms with E-state index in [0.29, 0.717) is 24.5 Å². The second-order valence-corrected chi connectivity index (χ2v) is 7.18. The molecule has 0 unspecified atom stereocenters. The smallest absolute Gasteiger partial charge is 0.251 e. The molecule has 0 radical (unpaired) electrons. The second-order valence-electron chi connectivity index (χ2n) is 6.06. The molecule has 1 N–H and O–H groups in total. The average Bonchev–Trinajstić information content (AvgIpc) is 3.14. The quantitative estimate of drug-likeness (QED) is 0.527. The summed E-state index contributed by atoms with van der Waals surface area (Å²) >= 11 is 1.59. The van der Waals surface area contributed by atoms with Crippen molar-refractivity contribution in [3.63, 3.8) is 0 Å². The summed E-state index contributed by atoms with van der Waals surface area (Å²) in [5.74, 6) is 0.533. The summed E-state index contributed by atoms with van der Waals surface area (Å²) in [7, 11) is 0. The van der Waals surface area contributed by atoms with Crippen molar-refractivity contribution in [2.24, 2.45) is 0 Å². The molecule has 27 heavy (non-hydrogen) atoms. The third-order valence-electron chi connectivity index (χ3n) is 4.08. The molecule has 3 aromatic carbocycles. The number of aromatic nitrogens is 1. The van der Waals surface area contributed by atoms with Crippen molar-refractivity contribution < 1.29 is 9.53 Å². The summed E-state index contributed by atoms with van der Waals surface area (Å²) in [6.45, 7) is 0.880. The standard InChI is InChI=1S/C22H18N2O2S/c25-22(23-14-21-24-19-11-4-5-12-20(19)27-21)17-9-6-10-18(13-17)26-15-16-7-2-1-3-8-16/h1-13H,14-15H2,(H,23,25). The summed E-state index contributed by atoms with van der Waals surface area (Å²) < 4.78 is 6.92. The zero-order valence-corrected chi connectivity index (χ0v) is 15.4. The molecule has 1 heterocycles. The van der Waals surface area contributed by atoms with Crippen LogP contribution >= 0.6 is 11.3 Å². The first kappa shape index (κ1) is 17.2. The fraction of sp³-hybridized carbons (Fsp3) is 0.0909. The first-order valence-corrected chi connectivity index (χ1v) is 9.49. The molecule has 4 aromatic rings. The number of hydrogen-bond donors (Lipinski definition) is 1. The number of amides is 1. The molecule has 134 valence electrons. The van der Waals surface area contributed by atoms with Gasteiger partial charge in [0.2, 0.25) is 0 Å². The lowest BCUT2D eigenvalue weighted by atomic mass is 10.2. The second kappa shape index (κ2) is 8.01. The molecule has 0 fully saturated rings. The minimum Gasteiger partial charge on any atom is -0.489 e. The van der Waals surface area contributed by atoms with E-state index in [1.807, 2.05) is 66.7 Å². The van der Waals surface area contributed by atoms with Gasteiger partial charge in [0.1, 0.15) is 17.4 Å². The highest BCUT2D eigenvalue weighted by Gasteiger charge is 2.09. The van der Waals surface area contributed by atoms with Crippen LogP contribution in [0, 0.1) is 0 Å². The molecule has 0 aliphatic carbocycles. The minimum absolute atomic E-state index is 0.139. The van der Waals surface area contributed by atoms with Crippen LogP contribution < -0.4 is 10.1 Å². The maximum absolute atomic E-state index is 12.5. The van der Waals surface area contributed by atoms with Crippen LogP contribution in [-0.4, -0.2) is 10.9 Å². The van der Waals surface area contributed by atoms with Crippen molar-refractivity contribution in [1.29, 1.82) is 0 Å². The number of ether oxygens (including phenoxy) is 1. The van der Waals surface area contributed by atoms with Gasteiger partial charge in [0.05, 0.1) is 16.8 Å². The van der Waals surface area contributed by atoms with Crippen LogP contribution in [0.3, 0.4) is 0 Å². The Balaban J connectivity index is 1.38. The van der Waals surface area contributed by atoms with Crippen molar-refractivity contribution in [2.45, 2.75) is 13.2 Å². The molecule has 1 aromatic heterocycles. The van der Waals surface area contributed by atoms with Crippen LogP contribution in [0.2, 0.25) is 0 Å². The number of carbonyl (C=O) groups excluding carboxylic acids is 1. The predicted octanol–water partition coefficient (Wildman–Crippen LogP) is 4.81. The topological polar surface area (TPSA) is 51.2 Å². The van der Waals surface area contributed by atoms with Gasteiger partial charge in [-0.3, -0.25) is 4.79 Å². The number of nitrogens with zero attached hydrogens (tertiary/aromatic N) is 1. The molecule has 4 rings (SSSR count). The lowest BCUT2D eigenvalue weighted by Gasteiger charge is -2.08. The normalized spacial score (nSPS) is 10.7. The van der Waals surface area contributed by atoms with Crippen LogP contribution in [0.1, 0.15) is 20.9 Å². The van der Waals surface area contributed by atoms with Crippen LogP contribution in [0.5, 0.6) is 5.75 Å². The number of fused-ring (bicyclic) bond motifs is 1. The highest BCUT2D eigenvalue weighted by Crippen LogP contribution is 2.21. The Morgan fingerprint density at radius 3 is 2.63 bits per heavy atom. The molecule has 0 atom stereocenters. The zero-order valence-electron chi connectivity index (χ0n) is 14.6. The number of rotatable bonds is 6. The van der Waals surface area contributed by atoms with E-state index in [9.17, 15) is 4.79 Å². The lowest BCUT2D eigenvalue weighted by molar-refractivity contribution is 0.0950. The zero-order chi connectivity index (χ0) is 18.5. The molecule has 4 nitrogen and oxygen atoms in total. The van der Waals surface area contributed by atoms with E-state index in [-0.39, 0.29) is 5.91 Å². The van der Waals surface area contributed by atoms with Gasteiger partial charge in [-0.2, -0.15) is 0 Å². The minimum atomic E-state index is -0.139. The van der Waals surface area contributed by atoms with Crippen LogP contribution in [0.4, 0.5) is 0 Å². The largest absolute Gasteiger partial charge is 0.489 e. The van der Waals surface area contributed by atoms with Crippen molar-refractivity contribution in [3.8, 4) is 5.75 Å². The van der Waals surface area contributed by atoms with Gasteiger partial charge in [0, 0.05) is 5.56 Å². The van der Waals surface area contributed by atoms with Gasteiger partial charge in [-0.25, -0.2) is 4.98 Å². The average molecular weight is 374 g/mol. The van der Waals surface area contributed by atoms with E-state index in [1.165, 1.54) is 0 Å². The summed E-state index contributed by atoms with van der Waals surface area (Å²) in [6, 6.07) is 25.1. The van der Waals surface area contributed by atoms with Gasteiger partial charge in [-0.1, -0.05) is 48.5 Å². The van der Waals surface area contributed by atoms with Gasteiger partial charge in [0.25, 0.3) is 5.91 Å². The summed E-state index contributed by atoms with van der Waals surface area (Å²) in [4.78, 5) is 17.0. The van der Waals surface area contributed by atoms with Gasteiger partial charge < -0.3 is 10.1 Å². The van der Waals surface area contributed by atoms with Gasteiger partial charge in [-0.15, -0.1) is 11.3 Å². The molecule has 0 saturated carbocycles. The first-order chi connectivity index (χ1) is 13.3. The molecule has 1 amide bonds. The van der Waals surface area contributed by atoms with Crippen molar-refractivity contribution in [3.05, 3.63) is 95.0 Å². The number of thiazole rings is 1. The van der Waals surface area contributed by atoms with Gasteiger partial charge in [-0.05, 0) is 35.9 Å². The number of para-hydroxylation sites is 1. The van der Waals surface area contributed by atoms with E-state index in [2.05, 4.69) is 10.3 Å². The van der Waals surface area contributed by atoms with Crippen LogP contribution in [-0.2, 0) is 13.2 Å². The molecule has 0 aliphatic heterocycles. The van der Waals surface area contributed by atoms with Crippen LogP contribution in [0.25, 0.3) is 10.2 Å². The SMILES string of the molecule is O=C(NCc1nc2ccccc2s1)c1cccc(OCc2ccccc2)c1. The predicted molar refractivity (Wildman–Crippen MR) is 108 cm³/mol. The van der Waals surface area contributed by atoms with E-state index in [0.717, 1.165) is 20.8 Å². The lowest BCUT2D eigenvalue weighted by Crippen LogP contribution is -2.22. The molecule has 0 spiro atoms. The van der Waals surface area contributed by atoms with E-state index >= 15 is 0 Å². The van der Waals surface area contributed by atoms with Gasteiger partial charge in [0.15, 0.2) is 0 Å². The fourth-order valence-corrected chi connectivity index (χ4v) is 3.63. The summed E-state index contributed by atoms with van der Waals surface area (Å²) in [6.07, 6.45) is 0. The Bertz CT molecular complexity index is 1030. The number of benzene rings is 3. The Morgan fingerprint density at radius 1 is 0.963 bits per heavy atom. The van der Waals surface area contributed by atoms with E-state index in [4.69, 9.17) is 4.74 Å². The molecule has 0 aliphatic rings. The van der Waals surface area contributed by atoms with Crippen LogP contribution in [0.15, 0.2) is 78.9 Å². The van der Waals surface area contributed by atoms with Crippen molar-refractivity contribution >= 4 is 27.5 Å². The number of hydrogen-bond acceptors (Lipinski definition) is 4. The maximum atomic E-state index is 12.5. The first-order valence-electron chi connectivity index (χ1n) is 8.67. The monoisotopic (exact) mass is 374 g/mol. The Labute approximate surface area is 161 Å². The van der Waals surface area contributed by atoms with Crippen molar-refractivity contribution in [2.75, 3.05) is 0 Å².